The van der Waals surface area contributed by atoms with Crippen LogP contribution in [0.15, 0.2) is 11.4 Å². The second kappa shape index (κ2) is 5.30. The van der Waals surface area contributed by atoms with Crippen LogP contribution in [-0.4, -0.2) is 29.6 Å². The molecule has 1 fully saturated rings. The molecule has 0 saturated carbocycles. The molecule has 1 aliphatic rings. The molecule has 90 valence electrons. The zero-order valence-corrected chi connectivity index (χ0v) is 11.0. The predicted molar refractivity (Wildman–Crippen MR) is 68.9 cm³/mol. The maximum atomic E-state index is 10.3. The molecule has 2 nitrogen and oxygen atoms in total. The van der Waals surface area contributed by atoms with Gasteiger partial charge in [0.05, 0.1) is 6.10 Å². The van der Waals surface area contributed by atoms with Crippen molar-refractivity contribution in [3.8, 4) is 0 Å². The molecule has 16 heavy (non-hydrogen) atoms. The SMILES string of the molecule is Cc1ccsc1[C@@H](O)C(C)CN1CCCC1. The zero-order chi connectivity index (χ0) is 11.5. The lowest BCUT2D eigenvalue weighted by Gasteiger charge is -2.24. The monoisotopic (exact) mass is 239 g/mol. The molecule has 1 aliphatic heterocycles. The number of nitrogens with zero attached hydrogens (tertiary/aromatic N) is 1. The molecule has 1 unspecified atom stereocenters. The molecule has 1 saturated heterocycles. The number of likely N-dealkylation sites (tertiary alicyclic amines) is 1. The first-order valence-corrected chi connectivity index (χ1v) is 7.01. The van der Waals surface area contributed by atoms with E-state index in [4.69, 9.17) is 0 Å². The summed E-state index contributed by atoms with van der Waals surface area (Å²) in [5.74, 6) is 0.329. The van der Waals surface area contributed by atoms with E-state index < -0.39 is 0 Å². The Morgan fingerprint density at radius 3 is 2.69 bits per heavy atom. The van der Waals surface area contributed by atoms with E-state index >= 15 is 0 Å². The Labute approximate surface area is 102 Å². The molecule has 0 aromatic carbocycles. The van der Waals surface area contributed by atoms with Gasteiger partial charge in [-0.2, -0.15) is 0 Å². The van der Waals surface area contributed by atoms with Crippen LogP contribution < -0.4 is 0 Å². The average Bonchev–Trinajstić information content (AvgIpc) is 2.88. The van der Waals surface area contributed by atoms with Gasteiger partial charge in [0.2, 0.25) is 0 Å². The summed E-state index contributed by atoms with van der Waals surface area (Å²) in [5.41, 5.74) is 1.23. The number of rotatable bonds is 4. The van der Waals surface area contributed by atoms with Crippen molar-refractivity contribution in [3.63, 3.8) is 0 Å². The van der Waals surface area contributed by atoms with Gasteiger partial charge in [0.1, 0.15) is 0 Å². The second-order valence-electron chi connectivity index (χ2n) is 4.90. The first-order chi connectivity index (χ1) is 7.68. The third-order valence-corrected chi connectivity index (χ3v) is 4.54. The molecule has 0 spiro atoms. The van der Waals surface area contributed by atoms with Gasteiger partial charge >= 0.3 is 0 Å². The minimum atomic E-state index is -0.291. The van der Waals surface area contributed by atoms with Crippen molar-refractivity contribution >= 4 is 11.3 Å². The van der Waals surface area contributed by atoms with Crippen LogP contribution in [0.5, 0.6) is 0 Å². The first-order valence-electron chi connectivity index (χ1n) is 6.13. The first kappa shape index (κ1) is 12.1. The van der Waals surface area contributed by atoms with Crippen LogP contribution in [0.1, 0.15) is 36.3 Å². The number of hydrogen-bond donors (Lipinski definition) is 1. The molecule has 0 radical (unpaired) electrons. The molecular formula is C13H21NOS. The van der Waals surface area contributed by atoms with E-state index in [1.807, 2.05) is 0 Å². The highest BCUT2D eigenvalue weighted by Gasteiger charge is 2.22. The van der Waals surface area contributed by atoms with Gasteiger partial charge in [0.15, 0.2) is 0 Å². The number of aryl methyl sites for hydroxylation is 1. The topological polar surface area (TPSA) is 23.5 Å². The lowest BCUT2D eigenvalue weighted by molar-refractivity contribution is 0.0971. The van der Waals surface area contributed by atoms with E-state index in [1.165, 1.54) is 31.5 Å². The van der Waals surface area contributed by atoms with E-state index in [9.17, 15) is 5.11 Å². The summed E-state index contributed by atoms with van der Waals surface area (Å²) in [6, 6.07) is 2.09. The smallest absolute Gasteiger partial charge is 0.0922 e. The number of aliphatic hydroxyl groups excluding tert-OH is 1. The van der Waals surface area contributed by atoms with Crippen LogP contribution in [-0.2, 0) is 0 Å². The molecule has 1 aromatic rings. The Morgan fingerprint density at radius 1 is 1.44 bits per heavy atom. The predicted octanol–water partition coefficient (Wildman–Crippen LogP) is 2.82. The number of aliphatic hydroxyl groups is 1. The highest BCUT2D eigenvalue weighted by atomic mass is 32.1. The summed E-state index contributed by atoms with van der Waals surface area (Å²) in [4.78, 5) is 3.61. The molecule has 0 aliphatic carbocycles. The Hall–Kier alpha value is -0.380. The lowest BCUT2D eigenvalue weighted by Crippen LogP contribution is -2.28. The maximum absolute atomic E-state index is 10.3. The van der Waals surface area contributed by atoms with Crippen molar-refractivity contribution in [2.24, 2.45) is 5.92 Å². The molecule has 3 heteroatoms. The van der Waals surface area contributed by atoms with Crippen LogP contribution in [0.25, 0.3) is 0 Å². The van der Waals surface area contributed by atoms with Gasteiger partial charge in [-0.25, -0.2) is 0 Å². The summed E-state index contributed by atoms with van der Waals surface area (Å²) < 4.78 is 0. The molecule has 0 bridgehead atoms. The summed E-state index contributed by atoms with van der Waals surface area (Å²) >= 11 is 1.68. The van der Waals surface area contributed by atoms with E-state index in [1.54, 1.807) is 11.3 Å². The number of thiophene rings is 1. The van der Waals surface area contributed by atoms with Crippen molar-refractivity contribution in [1.82, 2.24) is 4.90 Å². The van der Waals surface area contributed by atoms with Gasteiger partial charge in [-0.3, -0.25) is 0 Å². The number of hydrogen-bond acceptors (Lipinski definition) is 3. The minimum Gasteiger partial charge on any atom is -0.387 e. The van der Waals surface area contributed by atoms with Crippen LogP contribution in [0, 0.1) is 12.8 Å². The Balaban J connectivity index is 1.93. The second-order valence-corrected chi connectivity index (χ2v) is 5.85. The Morgan fingerprint density at radius 2 is 2.12 bits per heavy atom. The highest BCUT2D eigenvalue weighted by Crippen LogP contribution is 2.30. The van der Waals surface area contributed by atoms with Crippen LogP contribution in [0.2, 0.25) is 0 Å². The quantitative estimate of drug-likeness (QED) is 0.873. The summed E-state index contributed by atoms with van der Waals surface area (Å²) in [7, 11) is 0. The van der Waals surface area contributed by atoms with Crippen LogP contribution in [0.3, 0.4) is 0 Å². The maximum Gasteiger partial charge on any atom is 0.0922 e. The van der Waals surface area contributed by atoms with Crippen molar-refractivity contribution < 1.29 is 5.11 Å². The molecular weight excluding hydrogens is 218 g/mol. The molecule has 1 N–H and O–H groups in total. The molecule has 1 aromatic heterocycles. The fourth-order valence-corrected chi connectivity index (χ4v) is 3.46. The van der Waals surface area contributed by atoms with E-state index in [-0.39, 0.29) is 6.10 Å². The van der Waals surface area contributed by atoms with Gasteiger partial charge in [-0.05, 0) is 55.8 Å². The van der Waals surface area contributed by atoms with Crippen LogP contribution in [0.4, 0.5) is 0 Å². The van der Waals surface area contributed by atoms with E-state index in [0.717, 1.165) is 11.4 Å². The Kier molecular flexibility index (Phi) is 4.00. The molecule has 2 atom stereocenters. The summed E-state index contributed by atoms with van der Waals surface area (Å²) in [5, 5.41) is 12.4. The molecule has 0 amide bonds. The van der Waals surface area contributed by atoms with Gasteiger partial charge in [0.25, 0.3) is 0 Å². The molecule has 2 rings (SSSR count). The minimum absolute atomic E-state index is 0.291. The van der Waals surface area contributed by atoms with Crippen molar-refractivity contribution in [1.29, 1.82) is 0 Å². The fraction of sp³-hybridized carbons (Fsp3) is 0.692. The zero-order valence-electron chi connectivity index (χ0n) is 10.1. The highest BCUT2D eigenvalue weighted by molar-refractivity contribution is 7.10. The average molecular weight is 239 g/mol. The normalized spacial score (nSPS) is 21.2. The van der Waals surface area contributed by atoms with E-state index in [2.05, 4.69) is 30.2 Å². The summed E-state index contributed by atoms with van der Waals surface area (Å²) in [6.07, 6.45) is 2.35. The third-order valence-electron chi connectivity index (χ3n) is 3.45. The van der Waals surface area contributed by atoms with Crippen molar-refractivity contribution in [2.75, 3.05) is 19.6 Å². The molecule has 2 heterocycles. The largest absolute Gasteiger partial charge is 0.387 e. The van der Waals surface area contributed by atoms with Gasteiger partial charge in [-0.15, -0.1) is 11.3 Å². The van der Waals surface area contributed by atoms with E-state index in [0.29, 0.717) is 5.92 Å². The standard InChI is InChI=1S/C13H21NOS/c1-10-5-8-16-13(10)12(15)11(2)9-14-6-3-4-7-14/h5,8,11-12,15H,3-4,6-7,9H2,1-2H3/t11?,12-/m0/s1. The van der Waals surface area contributed by atoms with Gasteiger partial charge in [-0.1, -0.05) is 6.92 Å². The van der Waals surface area contributed by atoms with Crippen molar-refractivity contribution in [2.45, 2.75) is 32.8 Å². The summed E-state index contributed by atoms with van der Waals surface area (Å²) in [6.45, 7) is 7.68. The van der Waals surface area contributed by atoms with Gasteiger partial charge in [0, 0.05) is 11.4 Å². The fourth-order valence-electron chi connectivity index (χ4n) is 2.42. The Bertz CT molecular complexity index is 330. The van der Waals surface area contributed by atoms with Crippen LogP contribution >= 0.6 is 11.3 Å². The van der Waals surface area contributed by atoms with Crippen molar-refractivity contribution in [3.05, 3.63) is 21.9 Å². The van der Waals surface area contributed by atoms with Gasteiger partial charge < -0.3 is 10.0 Å². The third kappa shape index (κ3) is 2.65. The lowest BCUT2D eigenvalue weighted by atomic mass is 10.0.